The molecule has 4 rings (SSSR count). The van der Waals surface area contributed by atoms with Gasteiger partial charge in [-0.25, -0.2) is 9.97 Å². The molecule has 2 aromatic carbocycles. The van der Waals surface area contributed by atoms with Crippen molar-refractivity contribution in [2.75, 3.05) is 43.2 Å². The molecule has 3 aromatic rings. The quantitative estimate of drug-likeness (QED) is 0.671. The molecule has 0 saturated carbocycles. The predicted molar refractivity (Wildman–Crippen MR) is 102 cm³/mol. The summed E-state index contributed by atoms with van der Waals surface area (Å²) in [6.45, 7) is 3.02. The van der Waals surface area contributed by atoms with E-state index < -0.39 is 12.0 Å². The summed E-state index contributed by atoms with van der Waals surface area (Å²) in [5.41, 5.74) is 2.06. The lowest BCUT2D eigenvalue weighted by Crippen LogP contribution is -2.36. The largest absolute Gasteiger partial charge is 0.451 e. The van der Waals surface area contributed by atoms with Gasteiger partial charge in [-0.2, -0.15) is 13.2 Å². The average molecular weight is 388 g/mol. The Morgan fingerprint density at radius 2 is 1.64 bits per heavy atom. The molecular weight excluding hydrogens is 369 g/mol. The van der Waals surface area contributed by atoms with Crippen molar-refractivity contribution >= 4 is 28.1 Å². The molecular formula is C20H19F3N4O. The lowest BCUT2D eigenvalue weighted by molar-refractivity contribution is -0.144. The van der Waals surface area contributed by atoms with E-state index in [1.165, 1.54) is 0 Å². The maximum atomic E-state index is 13.3. The van der Waals surface area contributed by atoms with Crippen molar-refractivity contribution in [2.45, 2.75) is 6.18 Å². The summed E-state index contributed by atoms with van der Waals surface area (Å²) in [4.78, 5) is 11.4. The van der Waals surface area contributed by atoms with Crippen LogP contribution in [0.2, 0.25) is 0 Å². The maximum Gasteiger partial charge on any atom is 0.451 e. The van der Waals surface area contributed by atoms with Crippen LogP contribution in [-0.4, -0.2) is 43.3 Å². The molecule has 0 N–H and O–H groups in total. The molecule has 1 aliphatic heterocycles. The van der Waals surface area contributed by atoms with E-state index in [2.05, 4.69) is 14.9 Å². The van der Waals surface area contributed by atoms with Gasteiger partial charge in [-0.3, -0.25) is 0 Å². The highest BCUT2D eigenvalue weighted by atomic mass is 19.4. The van der Waals surface area contributed by atoms with E-state index in [9.17, 15) is 13.2 Å². The zero-order chi connectivity index (χ0) is 19.7. The summed E-state index contributed by atoms with van der Waals surface area (Å²) in [6, 6.07) is 14.4. The lowest BCUT2D eigenvalue weighted by atomic mass is 10.2. The van der Waals surface area contributed by atoms with E-state index >= 15 is 0 Å². The first-order valence-electron chi connectivity index (χ1n) is 8.94. The Morgan fingerprint density at radius 1 is 0.964 bits per heavy atom. The fourth-order valence-corrected chi connectivity index (χ4v) is 3.27. The van der Waals surface area contributed by atoms with Gasteiger partial charge in [0.1, 0.15) is 5.82 Å². The molecule has 0 aliphatic carbocycles. The molecule has 1 fully saturated rings. The van der Waals surface area contributed by atoms with E-state index in [1.807, 2.05) is 24.3 Å². The van der Waals surface area contributed by atoms with Gasteiger partial charge in [0.2, 0.25) is 5.82 Å². The lowest BCUT2D eigenvalue weighted by Gasteiger charge is -2.29. The van der Waals surface area contributed by atoms with Crippen molar-refractivity contribution < 1.29 is 17.9 Å². The molecule has 5 nitrogen and oxygen atoms in total. The minimum atomic E-state index is -4.61. The van der Waals surface area contributed by atoms with Gasteiger partial charge in [0.05, 0.1) is 18.7 Å². The predicted octanol–water partition coefficient (Wildman–Crippen LogP) is 4.25. The Labute approximate surface area is 160 Å². The third kappa shape index (κ3) is 3.60. The van der Waals surface area contributed by atoms with E-state index in [4.69, 9.17) is 4.74 Å². The van der Waals surface area contributed by atoms with Gasteiger partial charge in [0, 0.05) is 36.9 Å². The Kier molecular flexibility index (Phi) is 4.80. The minimum absolute atomic E-state index is 0.219. The third-order valence-electron chi connectivity index (χ3n) is 4.77. The van der Waals surface area contributed by atoms with Crippen molar-refractivity contribution in [3.8, 4) is 0 Å². The fourth-order valence-electron chi connectivity index (χ4n) is 3.27. The smallest absolute Gasteiger partial charge is 0.378 e. The van der Waals surface area contributed by atoms with Gasteiger partial charge in [-0.05, 0) is 36.4 Å². The van der Waals surface area contributed by atoms with Crippen LogP contribution in [0.25, 0.3) is 10.9 Å². The number of alkyl halides is 3. The van der Waals surface area contributed by atoms with E-state index in [0.29, 0.717) is 18.6 Å². The van der Waals surface area contributed by atoms with Crippen LogP contribution >= 0.6 is 0 Å². The van der Waals surface area contributed by atoms with Gasteiger partial charge in [-0.1, -0.05) is 12.1 Å². The summed E-state index contributed by atoms with van der Waals surface area (Å²) in [6.07, 6.45) is -4.61. The second kappa shape index (κ2) is 7.27. The number of ether oxygens (including phenoxy) is 1. The van der Waals surface area contributed by atoms with E-state index in [0.717, 1.165) is 24.5 Å². The number of nitrogens with zero attached hydrogens (tertiary/aromatic N) is 4. The van der Waals surface area contributed by atoms with E-state index in [-0.39, 0.29) is 11.3 Å². The van der Waals surface area contributed by atoms with Crippen molar-refractivity contribution in [3.05, 3.63) is 54.4 Å². The van der Waals surface area contributed by atoms with Crippen LogP contribution < -0.4 is 9.80 Å². The highest BCUT2D eigenvalue weighted by Crippen LogP contribution is 2.34. The first-order chi connectivity index (χ1) is 13.4. The van der Waals surface area contributed by atoms with Crippen molar-refractivity contribution in [1.29, 1.82) is 0 Å². The number of aromatic nitrogens is 2. The van der Waals surface area contributed by atoms with Crippen LogP contribution in [0.3, 0.4) is 0 Å². The minimum Gasteiger partial charge on any atom is -0.378 e. The van der Waals surface area contributed by atoms with Crippen LogP contribution in [0.4, 0.5) is 30.4 Å². The van der Waals surface area contributed by atoms with E-state index in [1.54, 1.807) is 36.2 Å². The summed E-state index contributed by atoms with van der Waals surface area (Å²) in [7, 11) is 1.71. The Hall–Kier alpha value is -2.87. The van der Waals surface area contributed by atoms with Crippen LogP contribution in [0.1, 0.15) is 5.82 Å². The number of hydrogen-bond donors (Lipinski definition) is 0. The number of anilines is 3. The highest BCUT2D eigenvalue weighted by molar-refractivity contribution is 5.91. The van der Waals surface area contributed by atoms with Crippen molar-refractivity contribution in [1.82, 2.24) is 9.97 Å². The number of fused-ring (bicyclic) bond motifs is 1. The molecule has 1 aliphatic rings. The molecule has 2 heterocycles. The molecule has 0 atom stereocenters. The zero-order valence-electron chi connectivity index (χ0n) is 15.3. The molecule has 0 spiro atoms. The number of rotatable bonds is 3. The van der Waals surface area contributed by atoms with Crippen molar-refractivity contribution in [3.63, 3.8) is 0 Å². The zero-order valence-corrected chi connectivity index (χ0v) is 15.3. The number of halogens is 3. The molecule has 1 aromatic heterocycles. The normalized spacial score (nSPS) is 15.1. The number of hydrogen-bond acceptors (Lipinski definition) is 5. The molecule has 28 heavy (non-hydrogen) atoms. The van der Waals surface area contributed by atoms with Gasteiger partial charge in [0.25, 0.3) is 0 Å². The number of para-hydroxylation sites is 1. The topological polar surface area (TPSA) is 41.5 Å². The fraction of sp³-hybridized carbons (Fsp3) is 0.300. The molecule has 8 heteroatoms. The molecule has 0 bridgehead atoms. The van der Waals surface area contributed by atoms with Gasteiger partial charge in [-0.15, -0.1) is 0 Å². The van der Waals surface area contributed by atoms with Crippen molar-refractivity contribution in [2.24, 2.45) is 0 Å². The second-order valence-corrected chi connectivity index (χ2v) is 6.56. The third-order valence-corrected chi connectivity index (χ3v) is 4.77. The summed E-state index contributed by atoms with van der Waals surface area (Å²) in [5, 5.41) is 0.565. The average Bonchev–Trinajstić information content (AvgIpc) is 2.72. The Bertz CT molecular complexity index is 969. The summed E-state index contributed by atoms with van der Waals surface area (Å²) in [5.74, 6) is -0.921. The molecule has 146 valence electrons. The summed E-state index contributed by atoms with van der Waals surface area (Å²) >= 11 is 0. The molecule has 0 amide bonds. The first kappa shape index (κ1) is 18.5. The summed E-state index contributed by atoms with van der Waals surface area (Å²) < 4.78 is 45.1. The maximum absolute atomic E-state index is 13.3. The van der Waals surface area contributed by atoms with Gasteiger partial charge < -0.3 is 14.5 Å². The van der Waals surface area contributed by atoms with Gasteiger partial charge >= 0.3 is 6.18 Å². The van der Waals surface area contributed by atoms with Crippen LogP contribution in [-0.2, 0) is 10.9 Å². The van der Waals surface area contributed by atoms with Gasteiger partial charge in [0.15, 0.2) is 0 Å². The van der Waals surface area contributed by atoms with Crippen LogP contribution in [0, 0.1) is 0 Å². The highest BCUT2D eigenvalue weighted by Gasteiger charge is 2.36. The number of benzene rings is 2. The number of morpholine rings is 1. The Morgan fingerprint density at radius 3 is 2.32 bits per heavy atom. The standard InChI is InChI=1S/C20H19F3N4O/c1-26(14-6-8-15(9-7-14)27-10-12-28-13-11-27)18-16-4-2-3-5-17(16)24-19(25-18)20(21,22)23/h2-9H,10-13H2,1H3. The van der Waals surface area contributed by atoms with Crippen LogP contribution in [0.5, 0.6) is 0 Å². The molecule has 0 radical (unpaired) electrons. The van der Waals surface area contributed by atoms with Crippen LogP contribution in [0.15, 0.2) is 48.5 Å². The second-order valence-electron chi connectivity index (χ2n) is 6.56. The Balaban J connectivity index is 1.71. The molecule has 0 unspecified atom stereocenters. The first-order valence-corrected chi connectivity index (χ1v) is 8.94. The molecule has 1 saturated heterocycles. The SMILES string of the molecule is CN(c1ccc(N2CCOCC2)cc1)c1nc(C(F)(F)F)nc2ccccc12. The monoisotopic (exact) mass is 388 g/mol.